The molecule has 1 aromatic rings. The first-order valence-corrected chi connectivity index (χ1v) is 9.26. The molecule has 1 heterocycles. The summed E-state index contributed by atoms with van der Waals surface area (Å²) < 4.78 is 28.1. The van der Waals surface area contributed by atoms with Crippen molar-refractivity contribution in [3.8, 4) is 0 Å². The second-order valence-corrected chi connectivity index (χ2v) is 8.19. The number of halogens is 2. The van der Waals surface area contributed by atoms with Crippen molar-refractivity contribution >= 4 is 33.4 Å². The molecule has 1 saturated heterocycles. The summed E-state index contributed by atoms with van der Waals surface area (Å²) in [6, 6.07) is 7.25. The number of piperidine rings is 1. The molecule has 0 N–H and O–H groups in total. The molecule has 2 rings (SSSR count). The van der Waals surface area contributed by atoms with Crippen LogP contribution in [0.15, 0.2) is 24.3 Å². The molecule has 1 unspecified atom stereocenters. The van der Waals surface area contributed by atoms with Gasteiger partial charge < -0.3 is 0 Å². The van der Waals surface area contributed by atoms with Crippen molar-refractivity contribution in [3.05, 3.63) is 34.9 Å². The predicted octanol–water partition coefficient (Wildman–Crippen LogP) is 2.97. The van der Waals surface area contributed by atoms with E-state index in [0.717, 1.165) is 18.4 Å². The van der Waals surface area contributed by atoms with Gasteiger partial charge in [-0.25, -0.2) is 0 Å². The molecule has 1 aliphatic heterocycles. The molecule has 1 aromatic carbocycles. The van der Waals surface area contributed by atoms with Crippen molar-refractivity contribution in [2.75, 3.05) is 26.0 Å². The standard InChI is InChI=1S/C14H20Cl2N2O2S/c1-17(10-12-4-2-6-14(16)8-12)21(19,20)18-7-3-5-13(9-15)11-18/h2,4,6,8,13H,3,5,7,9-11H2,1H3. The van der Waals surface area contributed by atoms with Gasteiger partial charge in [0.25, 0.3) is 10.2 Å². The van der Waals surface area contributed by atoms with Crippen LogP contribution in [0.5, 0.6) is 0 Å². The van der Waals surface area contributed by atoms with Crippen molar-refractivity contribution in [1.82, 2.24) is 8.61 Å². The largest absolute Gasteiger partial charge is 0.282 e. The zero-order valence-corrected chi connectivity index (χ0v) is 14.3. The van der Waals surface area contributed by atoms with Crippen LogP contribution in [0, 0.1) is 5.92 Å². The molecule has 0 aliphatic carbocycles. The predicted molar refractivity (Wildman–Crippen MR) is 86.9 cm³/mol. The fourth-order valence-corrected chi connectivity index (χ4v) is 4.46. The number of nitrogens with zero attached hydrogens (tertiary/aromatic N) is 2. The normalized spacial score (nSPS) is 20.9. The van der Waals surface area contributed by atoms with E-state index in [9.17, 15) is 8.42 Å². The lowest BCUT2D eigenvalue weighted by Gasteiger charge is -2.33. The van der Waals surface area contributed by atoms with E-state index >= 15 is 0 Å². The Hall–Kier alpha value is -0.330. The maximum Gasteiger partial charge on any atom is 0.282 e. The molecule has 7 heteroatoms. The van der Waals surface area contributed by atoms with Crippen molar-refractivity contribution < 1.29 is 8.42 Å². The van der Waals surface area contributed by atoms with E-state index in [1.54, 1.807) is 19.2 Å². The molecule has 21 heavy (non-hydrogen) atoms. The lowest BCUT2D eigenvalue weighted by Crippen LogP contribution is -2.46. The molecule has 0 amide bonds. The van der Waals surface area contributed by atoms with Gasteiger partial charge >= 0.3 is 0 Å². The summed E-state index contributed by atoms with van der Waals surface area (Å²) in [7, 11) is -1.85. The average molecular weight is 351 g/mol. The Kier molecular flexibility index (Phi) is 5.91. The molecule has 1 atom stereocenters. The second kappa shape index (κ2) is 7.29. The van der Waals surface area contributed by atoms with Gasteiger partial charge in [-0.1, -0.05) is 23.7 Å². The highest BCUT2D eigenvalue weighted by atomic mass is 35.5. The molecular formula is C14H20Cl2N2O2S. The molecule has 0 spiro atoms. The minimum absolute atomic E-state index is 0.245. The van der Waals surface area contributed by atoms with Crippen LogP contribution in [0.25, 0.3) is 0 Å². The molecule has 0 aromatic heterocycles. The third kappa shape index (κ3) is 4.33. The van der Waals surface area contributed by atoms with Gasteiger partial charge in [0.1, 0.15) is 0 Å². The number of benzene rings is 1. The first kappa shape index (κ1) is 17.0. The molecule has 118 valence electrons. The van der Waals surface area contributed by atoms with E-state index in [-0.39, 0.29) is 5.92 Å². The van der Waals surface area contributed by atoms with Crippen LogP contribution in [0.3, 0.4) is 0 Å². The van der Waals surface area contributed by atoms with E-state index in [4.69, 9.17) is 23.2 Å². The highest BCUT2D eigenvalue weighted by Gasteiger charge is 2.31. The Morgan fingerprint density at radius 3 is 2.86 bits per heavy atom. The summed E-state index contributed by atoms with van der Waals surface area (Å²) in [5.74, 6) is 0.749. The fraction of sp³-hybridized carbons (Fsp3) is 0.571. The Labute approximate surface area is 136 Å². The van der Waals surface area contributed by atoms with Gasteiger partial charge in [0.05, 0.1) is 0 Å². The topological polar surface area (TPSA) is 40.6 Å². The van der Waals surface area contributed by atoms with Gasteiger partial charge in [0.2, 0.25) is 0 Å². The van der Waals surface area contributed by atoms with E-state index in [0.29, 0.717) is 30.5 Å². The summed E-state index contributed by atoms with van der Waals surface area (Å²) in [5.41, 5.74) is 0.875. The Bertz CT molecular complexity index is 580. The first-order valence-electron chi connectivity index (χ1n) is 6.95. The van der Waals surface area contributed by atoms with E-state index in [1.807, 2.05) is 12.1 Å². The first-order chi connectivity index (χ1) is 9.93. The average Bonchev–Trinajstić information content (AvgIpc) is 2.47. The van der Waals surface area contributed by atoms with Crippen LogP contribution in [-0.4, -0.2) is 43.0 Å². The van der Waals surface area contributed by atoms with Gasteiger partial charge in [0, 0.05) is 37.6 Å². The van der Waals surface area contributed by atoms with Gasteiger partial charge in [-0.3, -0.25) is 0 Å². The summed E-state index contributed by atoms with van der Waals surface area (Å²) in [5, 5.41) is 0.610. The van der Waals surface area contributed by atoms with Gasteiger partial charge in [-0.15, -0.1) is 11.6 Å². The van der Waals surface area contributed by atoms with E-state index in [1.165, 1.54) is 8.61 Å². The Morgan fingerprint density at radius 2 is 2.19 bits per heavy atom. The lowest BCUT2D eigenvalue weighted by atomic mass is 10.0. The summed E-state index contributed by atoms with van der Waals surface area (Å²) >= 11 is 11.8. The van der Waals surface area contributed by atoms with Crippen molar-refractivity contribution in [1.29, 1.82) is 0 Å². The summed E-state index contributed by atoms with van der Waals surface area (Å²) in [4.78, 5) is 0. The van der Waals surface area contributed by atoms with E-state index < -0.39 is 10.2 Å². The maximum absolute atomic E-state index is 12.6. The molecular weight excluding hydrogens is 331 g/mol. The van der Waals surface area contributed by atoms with Crippen molar-refractivity contribution in [2.24, 2.45) is 5.92 Å². The third-order valence-corrected chi connectivity index (χ3v) is 6.29. The SMILES string of the molecule is CN(Cc1cccc(Cl)c1)S(=O)(=O)N1CCCC(CCl)C1. The lowest BCUT2D eigenvalue weighted by molar-refractivity contribution is 0.265. The highest BCUT2D eigenvalue weighted by molar-refractivity contribution is 7.86. The smallest absolute Gasteiger partial charge is 0.195 e. The van der Waals surface area contributed by atoms with Crippen LogP contribution in [-0.2, 0) is 16.8 Å². The Balaban J connectivity index is 2.07. The fourth-order valence-electron chi connectivity index (χ4n) is 2.53. The molecule has 0 bridgehead atoms. The minimum atomic E-state index is -3.45. The van der Waals surface area contributed by atoms with Crippen LogP contribution in [0.1, 0.15) is 18.4 Å². The summed E-state index contributed by atoms with van der Waals surface area (Å²) in [6.07, 6.45) is 1.86. The van der Waals surface area contributed by atoms with Crippen molar-refractivity contribution in [3.63, 3.8) is 0 Å². The third-order valence-electron chi connectivity index (χ3n) is 3.71. The summed E-state index contributed by atoms with van der Waals surface area (Å²) in [6.45, 7) is 1.38. The molecule has 1 aliphatic rings. The Morgan fingerprint density at radius 1 is 1.43 bits per heavy atom. The molecule has 1 fully saturated rings. The second-order valence-electron chi connectivity index (χ2n) is 5.41. The molecule has 0 radical (unpaired) electrons. The van der Waals surface area contributed by atoms with Crippen LogP contribution in [0.4, 0.5) is 0 Å². The van der Waals surface area contributed by atoms with Gasteiger partial charge in [0.15, 0.2) is 0 Å². The minimum Gasteiger partial charge on any atom is -0.195 e. The zero-order chi connectivity index (χ0) is 15.5. The van der Waals surface area contributed by atoms with Gasteiger partial charge in [-0.05, 0) is 36.5 Å². The quantitative estimate of drug-likeness (QED) is 0.766. The number of rotatable bonds is 5. The monoisotopic (exact) mass is 350 g/mol. The van der Waals surface area contributed by atoms with Crippen LogP contribution < -0.4 is 0 Å². The maximum atomic E-state index is 12.6. The molecule has 4 nitrogen and oxygen atoms in total. The van der Waals surface area contributed by atoms with Crippen LogP contribution in [0.2, 0.25) is 5.02 Å². The number of alkyl halides is 1. The highest BCUT2D eigenvalue weighted by Crippen LogP contribution is 2.22. The van der Waals surface area contributed by atoms with Gasteiger partial charge in [-0.2, -0.15) is 17.0 Å². The number of hydrogen-bond acceptors (Lipinski definition) is 2. The zero-order valence-electron chi connectivity index (χ0n) is 12.0. The van der Waals surface area contributed by atoms with Crippen molar-refractivity contribution in [2.45, 2.75) is 19.4 Å². The van der Waals surface area contributed by atoms with Crippen LogP contribution >= 0.6 is 23.2 Å². The van der Waals surface area contributed by atoms with E-state index in [2.05, 4.69) is 0 Å². The molecule has 0 saturated carbocycles. The number of hydrogen-bond donors (Lipinski definition) is 0.